The highest BCUT2D eigenvalue weighted by molar-refractivity contribution is 7.16. The number of thiophene rings is 1. The minimum atomic E-state index is -0.822. The Hall–Kier alpha value is -3.27. The van der Waals surface area contributed by atoms with Crippen molar-refractivity contribution < 1.29 is 24.4 Å². The first-order valence-corrected chi connectivity index (χ1v) is 11.3. The minimum Gasteiger partial charge on any atom is -0.481 e. The van der Waals surface area contributed by atoms with Crippen LogP contribution in [0.15, 0.2) is 30.3 Å². The van der Waals surface area contributed by atoms with E-state index in [1.54, 1.807) is 18.2 Å². The summed E-state index contributed by atoms with van der Waals surface area (Å²) in [6.45, 7) is 2.07. The van der Waals surface area contributed by atoms with Crippen molar-refractivity contribution in [2.75, 3.05) is 5.32 Å². The van der Waals surface area contributed by atoms with Gasteiger partial charge in [0, 0.05) is 29.5 Å². The summed E-state index contributed by atoms with van der Waals surface area (Å²) in [4.78, 5) is 48.1. The molecule has 2 aromatic rings. The van der Waals surface area contributed by atoms with Gasteiger partial charge in [-0.1, -0.05) is 19.1 Å². The van der Waals surface area contributed by atoms with Crippen LogP contribution in [0.25, 0.3) is 0 Å². The highest BCUT2D eigenvalue weighted by Gasteiger charge is 2.30. The molecule has 0 bridgehead atoms. The smallest absolute Gasteiger partial charge is 0.306 e. The van der Waals surface area contributed by atoms with Crippen LogP contribution in [-0.2, 0) is 22.6 Å². The van der Waals surface area contributed by atoms with Crippen molar-refractivity contribution in [3.8, 4) is 0 Å². The van der Waals surface area contributed by atoms with Crippen LogP contribution in [0.2, 0.25) is 0 Å². The number of hydrogen-bond acceptors (Lipinski definition) is 6. The van der Waals surface area contributed by atoms with Gasteiger partial charge in [-0.2, -0.15) is 0 Å². The number of aliphatic carboxylic acids is 1. The predicted molar refractivity (Wildman–Crippen MR) is 120 cm³/mol. The summed E-state index contributed by atoms with van der Waals surface area (Å²) >= 11 is 1.34. The Labute approximate surface area is 189 Å². The van der Waals surface area contributed by atoms with Crippen LogP contribution in [-0.4, -0.2) is 27.8 Å². The predicted octanol–water partition coefficient (Wildman–Crippen LogP) is 3.98. The van der Waals surface area contributed by atoms with Crippen molar-refractivity contribution in [2.24, 2.45) is 11.8 Å². The number of anilines is 1. The van der Waals surface area contributed by atoms with Crippen molar-refractivity contribution in [2.45, 2.75) is 45.6 Å². The van der Waals surface area contributed by atoms with Gasteiger partial charge in [-0.25, -0.2) is 0 Å². The number of nitrogens with zero attached hydrogens (tertiary/aromatic N) is 1. The van der Waals surface area contributed by atoms with Crippen LogP contribution < -0.4 is 10.6 Å². The van der Waals surface area contributed by atoms with Gasteiger partial charge in [0.2, 0.25) is 5.91 Å². The van der Waals surface area contributed by atoms with Gasteiger partial charge in [0.05, 0.1) is 16.4 Å². The van der Waals surface area contributed by atoms with E-state index in [2.05, 4.69) is 10.6 Å². The van der Waals surface area contributed by atoms with Gasteiger partial charge >= 0.3 is 5.97 Å². The lowest BCUT2D eigenvalue weighted by molar-refractivity contribution is -0.384. The largest absolute Gasteiger partial charge is 0.481 e. The second-order valence-electron chi connectivity index (χ2n) is 7.79. The molecule has 0 radical (unpaired) electrons. The zero-order valence-corrected chi connectivity index (χ0v) is 18.4. The summed E-state index contributed by atoms with van der Waals surface area (Å²) in [5.41, 5.74) is 0.898. The SMILES string of the molecule is CCc1cc(C(=O)NCc2cccc([N+](=O)[O-])c2)c(NC(=O)C2CCC(C(=O)O)CC2)s1. The summed E-state index contributed by atoms with van der Waals surface area (Å²) in [5.74, 6) is -2.08. The monoisotopic (exact) mass is 459 g/mol. The van der Waals surface area contributed by atoms with Gasteiger partial charge < -0.3 is 15.7 Å². The lowest BCUT2D eigenvalue weighted by atomic mass is 9.81. The number of carbonyl (C=O) groups is 3. The minimum absolute atomic E-state index is 0.0499. The second-order valence-corrected chi connectivity index (χ2v) is 8.93. The normalized spacial score (nSPS) is 18.0. The molecule has 1 heterocycles. The first-order valence-electron chi connectivity index (χ1n) is 10.5. The van der Waals surface area contributed by atoms with E-state index < -0.39 is 16.8 Å². The van der Waals surface area contributed by atoms with E-state index in [1.165, 1.54) is 23.5 Å². The topological polar surface area (TPSA) is 139 Å². The van der Waals surface area contributed by atoms with Crippen LogP contribution in [0, 0.1) is 22.0 Å². The fourth-order valence-electron chi connectivity index (χ4n) is 3.75. The highest BCUT2D eigenvalue weighted by atomic mass is 32.1. The number of nitro groups is 1. The number of nitrogens with one attached hydrogen (secondary N) is 2. The number of carboxylic acids is 1. The third kappa shape index (κ3) is 5.70. The molecule has 1 aromatic carbocycles. The summed E-state index contributed by atoms with van der Waals surface area (Å²) in [5, 5.41) is 26.1. The van der Waals surface area contributed by atoms with Gasteiger partial charge in [0.25, 0.3) is 11.6 Å². The number of aryl methyl sites for hydroxylation is 1. The molecule has 0 saturated heterocycles. The number of nitro benzene ring substituents is 1. The zero-order chi connectivity index (χ0) is 23.3. The van der Waals surface area contributed by atoms with Crippen molar-refractivity contribution in [1.82, 2.24) is 5.32 Å². The molecular weight excluding hydrogens is 434 g/mol. The highest BCUT2D eigenvalue weighted by Crippen LogP contribution is 2.33. The van der Waals surface area contributed by atoms with E-state index in [9.17, 15) is 24.5 Å². The first-order chi connectivity index (χ1) is 15.3. The molecule has 3 rings (SSSR count). The number of carbonyl (C=O) groups excluding carboxylic acids is 2. The van der Waals surface area contributed by atoms with Gasteiger partial charge in [0.1, 0.15) is 5.00 Å². The molecule has 0 unspecified atom stereocenters. The average molecular weight is 460 g/mol. The van der Waals surface area contributed by atoms with Crippen molar-refractivity contribution in [3.63, 3.8) is 0 Å². The molecule has 0 spiro atoms. The number of benzene rings is 1. The molecule has 170 valence electrons. The molecule has 3 N–H and O–H groups in total. The van der Waals surface area contributed by atoms with Gasteiger partial charge in [-0.15, -0.1) is 11.3 Å². The Morgan fingerprint density at radius 2 is 1.84 bits per heavy atom. The second kappa shape index (κ2) is 10.4. The average Bonchev–Trinajstić information content (AvgIpc) is 3.20. The molecule has 1 saturated carbocycles. The molecule has 1 aliphatic rings. The van der Waals surface area contributed by atoms with Gasteiger partial charge in [-0.05, 0) is 43.7 Å². The molecule has 1 fully saturated rings. The number of non-ortho nitro benzene ring substituents is 1. The molecular formula is C22H25N3O6S. The van der Waals surface area contributed by atoms with Gasteiger partial charge in [-0.3, -0.25) is 24.5 Å². The quantitative estimate of drug-likeness (QED) is 0.403. The van der Waals surface area contributed by atoms with Crippen LogP contribution in [0.4, 0.5) is 10.7 Å². The molecule has 32 heavy (non-hydrogen) atoms. The maximum absolute atomic E-state index is 12.8. The maximum atomic E-state index is 12.8. The van der Waals surface area contributed by atoms with E-state index in [4.69, 9.17) is 5.11 Å². The Morgan fingerprint density at radius 1 is 1.16 bits per heavy atom. The van der Waals surface area contributed by atoms with E-state index in [0.717, 1.165) is 4.88 Å². The molecule has 1 aromatic heterocycles. The van der Waals surface area contributed by atoms with Crippen molar-refractivity contribution in [1.29, 1.82) is 0 Å². The van der Waals surface area contributed by atoms with Crippen LogP contribution in [0.1, 0.15) is 53.4 Å². The lowest BCUT2D eigenvalue weighted by Crippen LogP contribution is -2.30. The maximum Gasteiger partial charge on any atom is 0.306 e. The Bertz CT molecular complexity index is 1030. The van der Waals surface area contributed by atoms with Crippen molar-refractivity contribution >= 4 is 39.8 Å². The summed E-state index contributed by atoms with van der Waals surface area (Å²) < 4.78 is 0. The third-order valence-electron chi connectivity index (χ3n) is 5.63. The summed E-state index contributed by atoms with van der Waals surface area (Å²) in [6.07, 6.45) is 2.64. The fraction of sp³-hybridized carbons (Fsp3) is 0.409. The summed E-state index contributed by atoms with van der Waals surface area (Å²) in [7, 11) is 0. The molecule has 1 aliphatic carbocycles. The van der Waals surface area contributed by atoms with E-state index >= 15 is 0 Å². The van der Waals surface area contributed by atoms with Gasteiger partial charge in [0.15, 0.2) is 0 Å². The van der Waals surface area contributed by atoms with Crippen LogP contribution in [0.5, 0.6) is 0 Å². The molecule has 2 amide bonds. The fourth-order valence-corrected chi connectivity index (χ4v) is 4.75. The number of hydrogen-bond donors (Lipinski definition) is 3. The molecule has 0 atom stereocenters. The molecule has 10 heteroatoms. The van der Waals surface area contributed by atoms with Crippen molar-refractivity contribution in [3.05, 3.63) is 56.5 Å². The Balaban J connectivity index is 1.66. The third-order valence-corrected chi connectivity index (χ3v) is 6.83. The Kier molecular flexibility index (Phi) is 7.57. The number of rotatable bonds is 8. The van der Waals surface area contributed by atoms with Crippen LogP contribution >= 0.6 is 11.3 Å². The number of amides is 2. The van der Waals surface area contributed by atoms with Crippen LogP contribution in [0.3, 0.4) is 0 Å². The standard InChI is InChI=1S/C22H25N3O6S/c1-2-17-11-18(20(27)23-12-13-4-3-5-16(10-13)25(30)31)21(32-17)24-19(26)14-6-8-15(9-7-14)22(28)29/h3-5,10-11,14-15H,2,6-9,12H2,1H3,(H,23,27)(H,24,26)(H,28,29). The summed E-state index contributed by atoms with van der Waals surface area (Å²) in [6, 6.07) is 7.78. The van der Waals surface area contributed by atoms with E-state index in [1.807, 2.05) is 6.92 Å². The zero-order valence-electron chi connectivity index (χ0n) is 17.6. The van der Waals surface area contributed by atoms with E-state index in [0.29, 0.717) is 48.2 Å². The molecule has 9 nitrogen and oxygen atoms in total. The first kappa shape index (κ1) is 23.4. The lowest BCUT2D eigenvalue weighted by Gasteiger charge is -2.25. The van der Waals surface area contributed by atoms with E-state index in [-0.39, 0.29) is 30.0 Å². The molecule has 0 aliphatic heterocycles. The number of carboxylic acid groups (broad SMARTS) is 1. The Morgan fingerprint density at radius 3 is 2.47 bits per heavy atom.